The fourth-order valence-corrected chi connectivity index (χ4v) is 1.61. The Morgan fingerprint density at radius 2 is 2.13 bits per heavy atom. The lowest BCUT2D eigenvalue weighted by atomic mass is 10.00. The Hall–Kier alpha value is -0.870. The van der Waals surface area contributed by atoms with Gasteiger partial charge in [-0.15, -0.1) is 0 Å². The lowest BCUT2D eigenvalue weighted by Gasteiger charge is -2.16. The van der Waals surface area contributed by atoms with Crippen molar-refractivity contribution in [3.63, 3.8) is 0 Å². The van der Waals surface area contributed by atoms with Gasteiger partial charge < -0.3 is 9.84 Å². The number of hydrogen-bond donors (Lipinski definition) is 1. The van der Waals surface area contributed by atoms with E-state index < -0.39 is 17.6 Å². The van der Waals surface area contributed by atoms with E-state index in [0.717, 1.165) is 6.07 Å². The predicted molar refractivity (Wildman–Crippen MR) is 53.4 cm³/mol. The van der Waals surface area contributed by atoms with Gasteiger partial charge in [0.2, 0.25) is 0 Å². The Kier molecular flexibility index (Phi) is 3.88. The maximum atomic E-state index is 13.4. The first-order valence-corrected chi connectivity index (χ1v) is 4.73. The lowest BCUT2D eigenvalue weighted by Crippen LogP contribution is -2.07. The Morgan fingerprint density at radius 1 is 1.53 bits per heavy atom. The first-order chi connectivity index (χ1) is 7.02. The van der Waals surface area contributed by atoms with E-state index in [2.05, 4.69) is 0 Å². The van der Waals surface area contributed by atoms with Crippen LogP contribution in [-0.4, -0.2) is 18.8 Å². The first kappa shape index (κ1) is 12.2. The van der Waals surface area contributed by atoms with Crippen molar-refractivity contribution < 1.29 is 18.6 Å². The fraction of sp³-hybridized carbons (Fsp3) is 0.400. The van der Waals surface area contributed by atoms with Gasteiger partial charge in [-0.05, 0) is 6.07 Å². The molecule has 1 N–H and O–H groups in total. The second kappa shape index (κ2) is 4.77. The summed E-state index contributed by atoms with van der Waals surface area (Å²) in [5.41, 5.74) is -0.0370. The highest BCUT2D eigenvalue weighted by Gasteiger charge is 2.22. The number of rotatable bonds is 3. The molecule has 0 aliphatic heterocycles. The predicted octanol–water partition coefficient (Wildman–Crippen LogP) is 2.72. The van der Waals surface area contributed by atoms with Crippen LogP contribution in [0.1, 0.15) is 18.4 Å². The largest absolute Gasteiger partial charge is 0.495 e. The number of ether oxygens (including phenoxy) is 1. The van der Waals surface area contributed by atoms with Crippen LogP contribution in [0, 0.1) is 11.6 Å². The molecule has 84 valence electrons. The molecule has 0 amide bonds. The molecule has 0 saturated carbocycles. The summed E-state index contributed by atoms with van der Waals surface area (Å²) in [7, 11) is 1.31. The molecule has 0 fully saturated rings. The van der Waals surface area contributed by atoms with Crippen LogP contribution in [0.15, 0.2) is 6.07 Å². The first-order valence-electron chi connectivity index (χ1n) is 4.35. The zero-order valence-corrected chi connectivity index (χ0v) is 9.11. The summed E-state index contributed by atoms with van der Waals surface area (Å²) < 4.78 is 31.4. The van der Waals surface area contributed by atoms with Crippen LogP contribution in [0.25, 0.3) is 0 Å². The highest BCUT2D eigenvalue weighted by Crippen LogP contribution is 2.36. The summed E-state index contributed by atoms with van der Waals surface area (Å²) >= 11 is 5.69. The smallest absolute Gasteiger partial charge is 0.166 e. The molecular formula is C10H11ClF2O2. The van der Waals surface area contributed by atoms with Gasteiger partial charge in [-0.25, -0.2) is 8.78 Å². The summed E-state index contributed by atoms with van der Waals surface area (Å²) in [6.07, 6.45) is 0. The third-order valence-corrected chi connectivity index (χ3v) is 2.41. The molecule has 15 heavy (non-hydrogen) atoms. The number of aliphatic hydroxyl groups is 1. The van der Waals surface area contributed by atoms with Gasteiger partial charge in [0.25, 0.3) is 0 Å². The van der Waals surface area contributed by atoms with Crippen molar-refractivity contribution in [3.8, 4) is 5.75 Å². The van der Waals surface area contributed by atoms with E-state index in [1.807, 2.05) is 0 Å². The van der Waals surface area contributed by atoms with E-state index >= 15 is 0 Å². The molecule has 0 spiro atoms. The van der Waals surface area contributed by atoms with Gasteiger partial charge in [0.05, 0.1) is 12.1 Å². The topological polar surface area (TPSA) is 29.5 Å². The van der Waals surface area contributed by atoms with Gasteiger partial charge in [-0.1, -0.05) is 18.5 Å². The van der Waals surface area contributed by atoms with E-state index in [-0.39, 0.29) is 22.9 Å². The van der Waals surface area contributed by atoms with Crippen molar-refractivity contribution in [2.24, 2.45) is 0 Å². The molecule has 0 aromatic heterocycles. The molecule has 0 aliphatic carbocycles. The molecular weight excluding hydrogens is 226 g/mol. The molecule has 2 nitrogen and oxygen atoms in total. The Balaban J connectivity index is 3.43. The summed E-state index contributed by atoms with van der Waals surface area (Å²) in [6, 6.07) is 0.851. The number of halogens is 3. The van der Waals surface area contributed by atoms with Gasteiger partial charge in [0.15, 0.2) is 11.6 Å². The number of aliphatic hydroxyl groups excluding tert-OH is 1. The summed E-state index contributed by atoms with van der Waals surface area (Å²) in [5.74, 6) is -2.58. The standard InChI is InChI=1S/C10H11ClF2O2/c1-5(4-14)8-9(13)7(12)3-6(11)10(8)15-2/h3,5,14H,4H2,1-2H3. The molecule has 0 bridgehead atoms. The minimum Gasteiger partial charge on any atom is -0.495 e. The minimum atomic E-state index is -1.05. The highest BCUT2D eigenvalue weighted by atomic mass is 35.5. The van der Waals surface area contributed by atoms with Crippen LogP contribution in [0.2, 0.25) is 5.02 Å². The average molecular weight is 237 g/mol. The highest BCUT2D eigenvalue weighted by molar-refractivity contribution is 6.32. The fourth-order valence-electron chi connectivity index (χ4n) is 1.34. The van der Waals surface area contributed by atoms with Gasteiger partial charge >= 0.3 is 0 Å². The molecule has 1 rings (SSSR count). The number of hydrogen-bond acceptors (Lipinski definition) is 2. The Labute approximate surface area is 91.4 Å². The average Bonchev–Trinajstić information content (AvgIpc) is 2.21. The maximum absolute atomic E-state index is 13.4. The van der Waals surface area contributed by atoms with Crippen molar-refractivity contribution in [3.05, 3.63) is 28.3 Å². The number of methoxy groups -OCH3 is 1. The molecule has 1 atom stereocenters. The zero-order chi connectivity index (χ0) is 11.6. The molecule has 1 aromatic carbocycles. The molecule has 0 aliphatic rings. The third kappa shape index (κ3) is 2.21. The van der Waals surface area contributed by atoms with Crippen molar-refractivity contribution in [1.29, 1.82) is 0 Å². The van der Waals surface area contributed by atoms with E-state index in [9.17, 15) is 8.78 Å². The van der Waals surface area contributed by atoms with Gasteiger partial charge in [-0.2, -0.15) is 0 Å². The third-order valence-electron chi connectivity index (χ3n) is 2.13. The number of benzene rings is 1. The molecule has 0 saturated heterocycles. The van der Waals surface area contributed by atoms with Crippen LogP contribution >= 0.6 is 11.6 Å². The summed E-state index contributed by atoms with van der Waals surface area (Å²) in [5, 5.41) is 8.92. The van der Waals surface area contributed by atoms with E-state index in [0.29, 0.717) is 0 Å². The van der Waals surface area contributed by atoms with Crippen LogP contribution in [-0.2, 0) is 0 Å². The van der Waals surface area contributed by atoms with Crippen LogP contribution in [0.3, 0.4) is 0 Å². The lowest BCUT2D eigenvalue weighted by molar-refractivity contribution is 0.265. The van der Waals surface area contributed by atoms with Crippen LogP contribution in [0.5, 0.6) is 5.75 Å². The van der Waals surface area contributed by atoms with Crippen LogP contribution in [0.4, 0.5) is 8.78 Å². The van der Waals surface area contributed by atoms with Gasteiger partial charge in [0.1, 0.15) is 5.75 Å². The molecule has 5 heteroatoms. The van der Waals surface area contributed by atoms with Gasteiger partial charge in [0, 0.05) is 18.1 Å². The van der Waals surface area contributed by atoms with Gasteiger partial charge in [-0.3, -0.25) is 0 Å². The van der Waals surface area contributed by atoms with E-state index in [4.69, 9.17) is 21.4 Å². The maximum Gasteiger partial charge on any atom is 0.166 e. The molecule has 0 radical (unpaired) electrons. The van der Waals surface area contributed by atoms with E-state index in [1.54, 1.807) is 6.92 Å². The van der Waals surface area contributed by atoms with E-state index in [1.165, 1.54) is 7.11 Å². The second-order valence-electron chi connectivity index (χ2n) is 3.18. The van der Waals surface area contributed by atoms with Crippen molar-refractivity contribution in [1.82, 2.24) is 0 Å². The summed E-state index contributed by atoms with van der Waals surface area (Å²) in [4.78, 5) is 0. The normalized spacial score (nSPS) is 12.7. The Morgan fingerprint density at radius 3 is 2.60 bits per heavy atom. The zero-order valence-electron chi connectivity index (χ0n) is 8.35. The minimum absolute atomic E-state index is 0.00769. The quantitative estimate of drug-likeness (QED) is 0.818. The Bertz CT molecular complexity index is 369. The molecule has 1 aromatic rings. The second-order valence-corrected chi connectivity index (χ2v) is 3.59. The monoisotopic (exact) mass is 236 g/mol. The van der Waals surface area contributed by atoms with Crippen molar-refractivity contribution >= 4 is 11.6 Å². The molecule has 0 heterocycles. The van der Waals surface area contributed by atoms with Crippen molar-refractivity contribution in [2.75, 3.05) is 13.7 Å². The molecule has 1 unspecified atom stereocenters. The SMILES string of the molecule is COc1c(Cl)cc(F)c(F)c1C(C)CO. The van der Waals surface area contributed by atoms with Crippen LogP contribution < -0.4 is 4.74 Å². The summed E-state index contributed by atoms with van der Waals surface area (Å²) in [6.45, 7) is 1.24. The van der Waals surface area contributed by atoms with Crippen molar-refractivity contribution in [2.45, 2.75) is 12.8 Å².